The quantitative estimate of drug-likeness (QED) is 0.0386. The van der Waals surface area contributed by atoms with Gasteiger partial charge in [-0.15, -0.1) is 0 Å². The summed E-state index contributed by atoms with van der Waals surface area (Å²) in [5.41, 5.74) is 0. The van der Waals surface area contributed by atoms with Crippen molar-refractivity contribution < 1.29 is 39.1 Å². The molecule has 8 nitrogen and oxygen atoms in total. The third-order valence-corrected chi connectivity index (χ3v) is 12.7. The Morgan fingerprint density at radius 2 is 0.898 bits per heavy atom. The number of ether oxygens (including phenoxy) is 2. The summed E-state index contributed by atoms with van der Waals surface area (Å²) < 4.78 is 25.6. The van der Waals surface area contributed by atoms with Crippen LogP contribution in [0.25, 0.3) is 0 Å². The fourth-order valence-corrected chi connectivity index (χ4v) is 8.55. The van der Waals surface area contributed by atoms with Gasteiger partial charge in [-0.3, -0.25) is 4.79 Å². The number of carbonyl (C=O) groups excluding carboxylic acids is 1. The summed E-state index contributed by atoms with van der Waals surface area (Å²) in [6.07, 6.45) is 38.3. The monoisotopic (exact) mass is 844 g/mol. The van der Waals surface area contributed by atoms with Crippen LogP contribution in [-0.2, 0) is 14.3 Å². The minimum absolute atomic E-state index is 0.163. The largest absolute Gasteiger partial charge is 0.394 e. The molecular formula is C50H98FNO7. The van der Waals surface area contributed by atoms with Crippen molar-refractivity contribution in [2.75, 3.05) is 13.2 Å². The predicted octanol–water partition coefficient (Wildman–Crippen LogP) is 12.5. The van der Waals surface area contributed by atoms with E-state index >= 15 is 0 Å². The van der Waals surface area contributed by atoms with Crippen LogP contribution in [0.15, 0.2) is 0 Å². The van der Waals surface area contributed by atoms with Crippen molar-refractivity contribution in [3.05, 3.63) is 0 Å². The van der Waals surface area contributed by atoms with Gasteiger partial charge in [-0.2, -0.15) is 0 Å². The summed E-state index contributed by atoms with van der Waals surface area (Å²) in [4.78, 5) is 13.0. The maximum atomic E-state index is 14.5. The van der Waals surface area contributed by atoms with Crippen LogP contribution < -0.4 is 5.32 Å². The Morgan fingerprint density at radius 3 is 1.25 bits per heavy atom. The fraction of sp³-hybridized carbons (Fsp3) is 0.980. The number of hydrogen-bond donors (Lipinski definition) is 5. The summed E-state index contributed by atoms with van der Waals surface area (Å²) in [7, 11) is 0. The van der Waals surface area contributed by atoms with Gasteiger partial charge in [-0.05, 0) is 12.8 Å². The van der Waals surface area contributed by atoms with Gasteiger partial charge in [0.1, 0.15) is 18.3 Å². The fourth-order valence-electron chi connectivity index (χ4n) is 8.55. The molecule has 59 heavy (non-hydrogen) atoms. The minimum atomic E-state index is -2.05. The molecule has 7 atom stereocenters. The molecule has 1 saturated heterocycles. The molecule has 0 aromatic carbocycles. The average Bonchev–Trinajstić information content (AvgIpc) is 3.23. The zero-order valence-electron chi connectivity index (χ0n) is 38.7. The molecule has 0 spiro atoms. The molecule has 5 N–H and O–H groups in total. The molecule has 1 heterocycles. The number of aliphatic hydroxyl groups excluding tert-OH is 4. The van der Waals surface area contributed by atoms with Crippen molar-refractivity contribution >= 4 is 5.91 Å². The van der Waals surface area contributed by atoms with Gasteiger partial charge in [0.25, 0.3) is 0 Å². The second-order valence-corrected chi connectivity index (χ2v) is 18.3. The van der Waals surface area contributed by atoms with E-state index in [9.17, 15) is 29.6 Å². The number of amides is 1. The van der Waals surface area contributed by atoms with Crippen molar-refractivity contribution in [3.8, 4) is 0 Å². The van der Waals surface area contributed by atoms with Crippen LogP contribution >= 0.6 is 0 Å². The third kappa shape index (κ3) is 31.6. The molecule has 0 radical (unpaired) electrons. The smallest absolute Gasteiger partial charge is 0.220 e. The van der Waals surface area contributed by atoms with Crippen LogP contribution in [0, 0.1) is 0 Å². The second kappa shape index (κ2) is 41.2. The highest BCUT2D eigenvalue weighted by atomic mass is 19.1. The molecule has 0 saturated carbocycles. The summed E-state index contributed by atoms with van der Waals surface area (Å²) >= 11 is 0. The van der Waals surface area contributed by atoms with Gasteiger partial charge in [-0.25, -0.2) is 4.39 Å². The molecule has 0 aliphatic carbocycles. The maximum absolute atomic E-state index is 14.5. The normalized spacial score (nSPS) is 20.6. The van der Waals surface area contributed by atoms with Crippen molar-refractivity contribution in [1.82, 2.24) is 5.32 Å². The molecule has 1 fully saturated rings. The number of alkyl halides is 1. The molecule has 0 unspecified atom stereocenters. The highest BCUT2D eigenvalue weighted by Crippen LogP contribution is 2.25. The second-order valence-electron chi connectivity index (χ2n) is 18.3. The highest BCUT2D eigenvalue weighted by molar-refractivity contribution is 5.76. The number of aliphatic hydroxyl groups is 4. The Bertz CT molecular complexity index is 897. The van der Waals surface area contributed by atoms with Crippen molar-refractivity contribution in [2.45, 2.75) is 301 Å². The van der Waals surface area contributed by atoms with Crippen LogP contribution in [0.4, 0.5) is 4.39 Å². The lowest BCUT2D eigenvalue weighted by Gasteiger charge is -2.39. The number of rotatable bonds is 44. The molecule has 9 heteroatoms. The van der Waals surface area contributed by atoms with Gasteiger partial charge in [0, 0.05) is 6.42 Å². The van der Waals surface area contributed by atoms with Crippen LogP contribution in [0.1, 0.15) is 258 Å². The standard InChI is InChI=1S/C50H98FNO7/c1-3-5-7-9-11-13-15-17-18-19-20-21-22-23-24-25-26-28-30-32-34-36-38-40-46(55)52-43(42-58-50-49(57)47(51)48(56)45(41-53)59-50)44(54)39-37-35-33-31-29-27-16-14-12-10-8-6-4-2/h43-45,47-50,53-54,56-57H,3-42H2,1-2H3,(H,52,55)/t43-,44+,45+,47-,48-,49+,50-/m0/s1. The number of hydrogen-bond acceptors (Lipinski definition) is 7. The van der Waals surface area contributed by atoms with Crippen LogP contribution in [-0.4, -0.2) is 82.5 Å². The van der Waals surface area contributed by atoms with Gasteiger partial charge >= 0.3 is 0 Å². The first kappa shape index (κ1) is 56.2. The summed E-state index contributed by atoms with van der Waals surface area (Å²) in [5.74, 6) is -0.163. The third-order valence-electron chi connectivity index (χ3n) is 12.7. The van der Waals surface area contributed by atoms with E-state index in [1.54, 1.807) is 0 Å². The summed E-state index contributed by atoms with van der Waals surface area (Å²) in [6, 6.07) is -0.752. The number of unbranched alkanes of at least 4 members (excludes halogenated alkanes) is 34. The first-order valence-corrected chi connectivity index (χ1v) is 25.7. The topological polar surface area (TPSA) is 128 Å². The Labute approximate surface area is 363 Å². The van der Waals surface area contributed by atoms with Crippen LogP contribution in [0.3, 0.4) is 0 Å². The van der Waals surface area contributed by atoms with E-state index in [4.69, 9.17) is 9.47 Å². The van der Waals surface area contributed by atoms with E-state index < -0.39 is 49.5 Å². The van der Waals surface area contributed by atoms with Gasteiger partial charge in [0.2, 0.25) is 5.91 Å². The number of carbonyl (C=O) groups is 1. The van der Waals surface area contributed by atoms with Gasteiger partial charge < -0.3 is 35.2 Å². The average molecular weight is 844 g/mol. The predicted molar refractivity (Wildman–Crippen MR) is 243 cm³/mol. The molecule has 0 aromatic rings. The van der Waals surface area contributed by atoms with Crippen LogP contribution in [0.2, 0.25) is 0 Å². The molecule has 1 amide bonds. The molecule has 352 valence electrons. The number of halogens is 1. The Balaban J connectivity index is 2.21. The molecular weight excluding hydrogens is 746 g/mol. The SMILES string of the molecule is CCCCCCCCCCCCCCCCCCCCCCCCCC(=O)N[C@@H](CO[C@H]1O[C@H](CO)[C@H](O)[C@H](F)[C@H]1O)[C@H](O)CCCCCCCCCCCCCCC. The lowest BCUT2D eigenvalue weighted by molar-refractivity contribution is -0.292. The highest BCUT2D eigenvalue weighted by Gasteiger charge is 2.45. The first-order chi connectivity index (χ1) is 28.8. The summed E-state index contributed by atoms with van der Waals surface area (Å²) in [5, 5.41) is 43.8. The van der Waals surface area contributed by atoms with Gasteiger partial charge in [0.15, 0.2) is 12.5 Å². The summed E-state index contributed by atoms with van der Waals surface area (Å²) in [6.45, 7) is 3.72. The molecule has 1 rings (SSSR count). The van der Waals surface area contributed by atoms with E-state index in [0.717, 1.165) is 38.5 Å². The van der Waals surface area contributed by atoms with Crippen molar-refractivity contribution in [2.24, 2.45) is 0 Å². The Hall–Kier alpha value is -0.840. The van der Waals surface area contributed by atoms with E-state index in [0.29, 0.717) is 12.8 Å². The van der Waals surface area contributed by atoms with Crippen LogP contribution in [0.5, 0.6) is 0 Å². The minimum Gasteiger partial charge on any atom is -0.394 e. The van der Waals surface area contributed by atoms with E-state index in [-0.39, 0.29) is 12.5 Å². The molecule has 1 aliphatic heterocycles. The molecule has 1 aliphatic rings. The van der Waals surface area contributed by atoms with Gasteiger partial charge in [0.05, 0.1) is 25.4 Å². The maximum Gasteiger partial charge on any atom is 0.220 e. The lowest BCUT2D eigenvalue weighted by Crippen LogP contribution is -2.58. The molecule has 0 bridgehead atoms. The van der Waals surface area contributed by atoms with E-state index in [2.05, 4.69) is 19.2 Å². The van der Waals surface area contributed by atoms with Gasteiger partial charge in [-0.1, -0.05) is 239 Å². The molecule has 0 aromatic heterocycles. The first-order valence-electron chi connectivity index (χ1n) is 25.7. The number of nitrogens with one attached hydrogen (secondary N) is 1. The van der Waals surface area contributed by atoms with Crippen molar-refractivity contribution in [3.63, 3.8) is 0 Å². The zero-order chi connectivity index (χ0) is 43.0. The van der Waals surface area contributed by atoms with E-state index in [1.165, 1.54) is 193 Å². The van der Waals surface area contributed by atoms with E-state index in [1.807, 2.05) is 0 Å². The zero-order valence-corrected chi connectivity index (χ0v) is 38.7. The Kier molecular flexibility index (Phi) is 39.2. The Morgan fingerprint density at radius 1 is 0.559 bits per heavy atom. The lowest BCUT2D eigenvalue weighted by atomic mass is 10.00. The van der Waals surface area contributed by atoms with Crippen molar-refractivity contribution in [1.29, 1.82) is 0 Å².